The van der Waals surface area contributed by atoms with E-state index < -0.39 is 0 Å². The number of aromatic nitrogens is 1. The third kappa shape index (κ3) is 4.36. The van der Waals surface area contributed by atoms with E-state index in [2.05, 4.69) is 23.7 Å². The molecular weight excluding hydrogens is 276 g/mol. The van der Waals surface area contributed by atoms with Crippen molar-refractivity contribution in [1.82, 2.24) is 9.88 Å². The summed E-state index contributed by atoms with van der Waals surface area (Å²) in [5.74, 6) is 1.83. The molecule has 22 heavy (non-hydrogen) atoms. The van der Waals surface area contributed by atoms with E-state index in [9.17, 15) is 4.79 Å². The van der Waals surface area contributed by atoms with Crippen molar-refractivity contribution in [3.63, 3.8) is 0 Å². The monoisotopic (exact) mass is 304 g/mol. The highest BCUT2D eigenvalue weighted by Gasteiger charge is 2.25. The molecule has 2 N–H and O–H groups in total. The number of carbonyl (C=O) groups is 1. The van der Waals surface area contributed by atoms with E-state index in [-0.39, 0.29) is 5.91 Å². The highest BCUT2D eigenvalue weighted by Crippen LogP contribution is 2.21. The molecule has 122 valence electrons. The minimum absolute atomic E-state index is 0.276. The topological polar surface area (TPSA) is 62.5 Å². The molecule has 0 atom stereocenters. The number of nitrogens with two attached hydrogens (primary N) is 1. The molecule has 0 radical (unpaired) electrons. The second kappa shape index (κ2) is 7.47. The van der Waals surface area contributed by atoms with Crippen LogP contribution in [-0.4, -0.2) is 42.0 Å². The van der Waals surface area contributed by atoms with Gasteiger partial charge in [0, 0.05) is 32.6 Å². The molecule has 0 aromatic carbocycles. The highest BCUT2D eigenvalue weighted by molar-refractivity contribution is 5.76. The SMILES string of the molecule is CC(C)CCC(=O)N(C)C1CCN(c2ccc(N)cn2)CC1. The Labute approximate surface area is 133 Å². The van der Waals surface area contributed by atoms with Gasteiger partial charge in [0.05, 0.1) is 11.9 Å². The summed E-state index contributed by atoms with van der Waals surface area (Å²) in [5.41, 5.74) is 6.36. The number of carbonyl (C=O) groups excluding carboxylic acids is 1. The van der Waals surface area contributed by atoms with Crippen LogP contribution in [0.4, 0.5) is 11.5 Å². The molecule has 1 amide bonds. The fourth-order valence-electron chi connectivity index (χ4n) is 2.86. The van der Waals surface area contributed by atoms with Crippen LogP contribution in [0.15, 0.2) is 18.3 Å². The van der Waals surface area contributed by atoms with Gasteiger partial charge in [-0.15, -0.1) is 0 Å². The van der Waals surface area contributed by atoms with Crippen LogP contribution >= 0.6 is 0 Å². The van der Waals surface area contributed by atoms with Crippen LogP contribution in [0.25, 0.3) is 0 Å². The quantitative estimate of drug-likeness (QED) is 0.908. The summed E-state index contributed by atoms with van der Waals surface area (Å²) < 4.78 is 0. The van der Waals surface area contributed by atoms with Crippen molar-refractivity contribution in [1.29, 1.82) is 0 Å². The molecule has 1 saturated heterocycles. The lowest BCUT2D eigenvalue weighted by Gasteiger charge is -2.37. The normalized spacial score (nSPS) is 16.1. The first kappa shape index (κ1) is 16.6. The fourth-order valence-corrected chi connectivity index (χ4v) is 2.86. The van der Waals surface area contributed by atoms with E-state index in [0.29, 0.717) is 24.1 Å². The van der Waals surface area contributed by atoms with E-state index in [0.717, 1.165) is 38.2 Å². The minimum Gasteiger partial charge on any atom is -0.397 e. The predicted molar refractivity (Wildman–Crippen MR) is 90.7 cm³/mol. The van der Waals surface area contributed by atoms with Crippen molar-refractivity contribution in [2.24, 2.45) is 5.92 Å². The lowest BCUT2D eigenvalue weighted by Crippen LogP contribution is -2.45. The van der Waals surface area contributed by atoms with Crippen molar-refractivity contribution < 1.29 is 4.79 Å². The zero-order chi connectivity index (χ0) is 16.1. The van der Waals surface area contributed by atoms with Crippen LogP contribution in [0, 0.1) is 5.92 Å². The second-order valence-electron chi connectivity index (χ2n) is 6.61. The van der Waals surface area contributed by atoms with Crippen LogP contribution in [-0.2, 0) is 4.79 Å². The summed E-state index contributed by atoms with van der Waals surface area (Å²) in [5, 5.41) is 0. The van der Waals surface area contributed by atoms with Gasteiger partial charge in [-0.25, -0.2) is 4.98 Å². The molecule has 0 aliphatic carbocycles. The summed E-state index contributed by atoms with van der Waals surface area (Å²) in [4.78, 5) is 20.8. The van der Waals surface area contributed by atoms with Crippen LogP contribution in [0.5, 0.6) is 0 Å². The van der Waals surface area contributed by atoms with Crippen molar-refractivity contribution in [2.75, 3.05) is 30.8 Å². The zero-order valence-corrected chi connectivity index (χ0v) is 14.0. The highest BCUT2D eigenvalue weighted by atomic mass is 16.2. The summed E-state index contributed by atoms with van der Waals surface area (Å²) in [6.45, 7) is 6.18. The third-order valence-electron chi connectivity index (χ3n) is 4.44. The molecule has 1 aromatic rings. The van der Waals surface area contributed by atoms with E-state index in [4.69, 9.17) is 5.73 Å². The molecule has 1 aliphatic heterocycles. The Bertz CT molecular complexity index is 478. The summed E-state index contributed by atoms with van der Waals surface area (Å²) in [6, 6.07) is 4.20. The van der Waals surface area contributed by atoms with Crippen LogP contribution in [0.3, 0.4) is 0 Å². The molecule has 2 heterocycles. The summed E-state index contributed by atoms with van der Waals surface area (Å²) in [7, 11) is 1.95. The lowest BCUT2D eigenvalue weighted by atomic mass is 10.0. The van der Waals surface area contributed by atoms with Crippen molar-refractivity contribution >= 4 is 17.4 Å². The van der Waals surface area contributed by atoms with Crippen molar-refractivity contribution in [3.05, 3.63) is 18.3 Å². The molecule has 0 saturated carbocycles. The maximum atomic E-state index is 12.2. The Morgan fingerprint density at radius 3 is 2.64 bits per heavy atom. The van der Waals surface area contributed by atoms with Crippen molar-refractivity contribution in [2.45, 2.75) is 45.6 Å². The summed E-state index contributed by atoms with van der Waals surface area (Å²) >= 11 is 0. The summed E-state index contributed by atoms with van der Waals surface area (Å²) in [6.07, 6.45) is 5.32. The van der Waals surface area contributed by atoms with E-state index >= 15 is 0 Å². The standard InChI is InChI=1S/C17H28N4O/c1-13(2)4-7-17(22)20(3)15-8-10-21(11-9-15)16-6-5-14(18)12-19-16/h5-6,12-13,15H,4,7-11,18H2,1-3H3. The van der Waals surface area contributed by atoms with E-state index in [1.165, 1.54) is 0 Å². The van der Waals surface area contributed by atoms with Crippen LogP contribution in [0.2, 0.25) is 0 Å². The zero-order valence-electron chi connectivity index (χ0n) is 14.0. The minimum atomic E-state index is 0.276. The number of anilines is 2. The Hall–Kier alpha value is -1.78. The molecule has 1 aliphatic rings. The number of rotatable bonds is 5. The molecular formula is C17H28N4O. The molecule has 2 rings (SSSR count). The lowest BCUT2D eigenvalue weighted by molar-refractivity contribution is -0.132. The first-order valence-corrected chi connectivity index (χ1v) is 8.19. The number of hydrogen-bond donors (Lipinski definition) is 1. The average molecular weight is 304 g/mol. The largest absolute Gasteiger partial charge is 0.397 e. The van der Waals surface area contributed by atoms with Crippen LogP contribution in [0.1, 0.15) is 39.5 Å². The van der Waals surface area contributed by atoms with E-state index in [1.807, 2.05) is 24.1 Å². The van der Waals surface area contributed by atoms with Gasteiger partial charge in [-0.1, -0.05) is 13.8 Å². The third-order valence-corrected chi connectivity index (χ3v) is 4.44. The Kier molecular flexibility index (Phi) is 5.63. The Morgan fingerprint density at radius 1 is 1.41 bits per heavy atom. The molecule has 1 aromatic heterocycles. The molecule has 0 unspecified atom stereocenters. The fraction of sp³-hybridized carbons (Fsp3) is 0.647. The Balaban J connectivity index is 1.83. The van der Waals surface area contributed by atoms with Gasteiger partial charge in [-0.3, -0.25) is 4.79 Å². The maximum absolute atomic E-state index is 12.2. The van der Waals surface area contributed by atoms with Crippen LogP contribution < -0.4 is 10.6 Å². The smallest absolute Gasteiger partial charge is 0.222 e. The second-order valence-corrected chi connectivity index (χ2v) is 6.61. The van der Waals surface area contributed by atoms with Gasteiger partial charge in [0.2, 0.25) is 5.91 Å². The van der Waals surface area contributed by atoms with Gasteiger partial charge >= 0.3 is 0 Å². The van der Waals surface area contributed by atoms with Gasteiger partial charge in [-0.05, 0) is 37.3 Å². The average Bonchev–Trinajstić information content (AvgIpc) is 2.53. The number of amides is 1. The van der Waals surface area contributed by atoms with Gasteiger partial charge in [0.15, 0.2) is 0 Å². The Morgan fingerprint density at radius 2 is 2.09 bits per heavy atom. The number of pyridine rings is 1. The van der Waals surface area contributed by atoms with Gasteiger partial charge < -0.3 is 15.5 Å². The molecule has 5 nitrogen and oxygen atoms in total. The van der Waals surface area contributed by atoms with Gasteiger partial charge in [0.25, 0.3) is 0 Å². The number of nitrogen functional groups attached to an aromatic ring is 1. The number of piperidine rings is 1. The first-order valence-electron chi connectivity index (χ1n) is 8.19. The number of nitrogens with zero attached hydrogens (tertiary/aromatic N) is 3. The predicted octanol–water partition coefficient (Wildman–Crippen LogP) is 2.53. The number of hydrogen-bond acceptors (Lipinski definition) is 4. The van der Waals surface area contributed by atoms with Crippen molar-refractivity contribution in [3.8, 4) is 0 Å². The maximum Gasteiger partial charge on any atom is 0.222 e. The molecule has 0 bridgehead atoms. The molecule has 0 spiro atoms. The van der Waals surface area contributed by atoms with E-state index in [1.54, 1.807) is 6.20 Å². The van der Waals surface area contributed by atoms with Gasteiger partial charge in [-0.2, -0.15) is 0 Å². The van der Waals surface area contributed by atoms with Gasteiger partial charge in [0.1, 0.15) is 5.82 Å². The molecule has 5 heteroatoms. The first-order chi connectivity index (χ1) is 10.5. The molecule has 1 fully saturated rings.